The highest BCUT2D eigenvalue weighted by Crippen LogP contribution is 2.34. The Hall–Kier alpha value is -1.97. The Balaban J connectivity index is 1.86. The minimum atomic E-state index is 0.283. The molecular weight excluding hydrogens is 228 g/mol. The molecule has 3 rings (SSSR count). The molecule has 0 radical (unpaired) electrons. The third-order valence-corrected chi connectivity index (χ3v) is 3.35. The third kappa shape index (κ3) is 1.94. The molecule has 1 atom stereocenters. The van der Waals surface area contributed by atoms with Gasteiger partial charge in [0.15, 0.2) is 0 Å². The van der Waals surface area contributed by atoms with Crippen LogP contribution >= 0.6 is 0 Å². The van der Waals surface area contributed by atoms with E-state index in [1.54, 1.807) is 19.6 Å². The Morgan fingerprint density at radius 3 is 3.28 bits per heavy atom. The first-order valence-corrected chi connectivity index (χ1v) is 6.20. The van der Waals surface area contributed by atoms with Crippen molar-refractivity contribution < 1.29 is 9.15 Å². The number of aromatic nitrogens is 1. The van der Waals surface area contributed by atoms with E-state index in [0.29, 0.717) is 5.88 Å². The first-order chi connectivity index (χ1) is 8.88. The summed E-state index contributed by atoms with van der Waals surface area (Å²) < 4.78 is 10.8. The van der Waals surface area contributed by atoms with Crippen LogP contribution in [0.15, 0.2) is 35.1 Å². The van der Waals surface area contributed by atoms with E-state index in [9.17, 15) is 0 Å². The van der Waals surface area contributed by atoms with Crippen LogP contribution in [0, 0.1) is 0 Å². The summed E-state index contributed by atoms with van der Waals surface area (Å²) in [5.41, 5.74) is 2.19. The van der Waals surface area contributed by atoms with Crippen molar-refractivity contribution in [2.24, 2.45) is 0 Å². The summed E-state index contributed by atoms with van der Waals surface area (Å²) in [6.07, 6.45) is 6.77. The zero-order chi connectivity index (χ0) is 12.4. The van der Waals surface area contributed by atoms with E-state index < -0.39 is 0 Å². The monoisotopic (exact) mass is 244 g/mol. The van der Waals surface area contributed by atoms with Crippen LogP contribution in [0.3, 0.4) is 0 Å². The highest BCUT2D eigenvalue weighted by atomic mass is 16.5. The van der Waals surface area contributed by atoms with E-state index in [4.69, 9.17) is 9.15 Å². The Morgan fingerprint density at radius 2 is 2.39 bits per heavy atom. The average molecular weight is 244 g/mol. The number of rotatable bonds is 3. The number of anilines is 1. The van der Waals surface area contributed by atoms with Crippen molar-refractivity contribution in [2.45, 2.75) is 25.3 Å². The topological polar surface area (TPSA) is 47.3 Å². The Labute approximate surface area is 106 Å². The van der Waals surface area contributed by atoms with Gasteiger partial charge in [-0.1, -0.05) is 0 Å². The van der Waals surface area contributed by atoms with Gasteiger partial charge in [0.25, 0.3) is 0 Å². The van der Waals surface area contributed by atoms with Gasteiger partial charge < -0.3 is 14.5 Å². The van der Waals surface area contributed by atoms with Crippen LogP contribution in [0.1, 0.15) is 30.2 Å². The SMILES string of the molecule is COc1ncccc1NC1CCCc2occc21. The van der Waals surface area contributed by atoms with Crippen molar-refractivity contribution >= 4 is 5.69 Å². The lowest BCUT2D eigenvalue weighted by Gasteiger charge is -2.24. The van der Waals surface area contributed by atoms with Crippen LogP contribution in [-0.4, -0.2) is 12.1 Å². The molecule has 1 N–H and O–H groups in total. The molecule has 94 valence electrons. The average Bonchev–Trinajstić information content (AvgIpc) is 2.89. The fourth-order valence-electron chi connectivity index (χ4n) is 2.49. The number of nitrogens with zero attached hydrogens (tertiary/aromatic N) is 1. The molecular formula is C14H16N2O2. The van der Waals surface area contributed by atoms with Gasteiger partial charge in [0.2, 0.25) is 5.88 Å². The van der Waals surface area contributed by atoms with Crippen LogP contribution in [0.2, 0.25) is 0 Å². The number of aryl methyl sites for hydroxylation is 1. The zero-order valence-corrected chi connectivity index (χ0v) is 10.3. The Bertz CT molecular complexity index is 536. The smallest absolute Gasteiger partial charge is 0.237 e. The molecule has 2 aromatic heterocycles. The second-order valence-corrected chi connectivity index (χ2v) is 4.45. The van der Waals surface area contributed by atoms with Gasteiger partial charge in [-0.15, -0.1) is 0 Å². The Morgan fingerprint density at radius 1 is 1.44 bits per heavy atom. The zero-order valence-electron chi connectivity index (χ0n) is 10.3. The second kappa shape index (κ2) is 4.72. The molecule has 1 unspecified atom stereocenters. The van der Waals surface area contributed by atoms with E-state index in [1.165, 1.54) is 5.56 Å². The first-order valence-electron chi connectivity index (χ1n) is 6.20. The summed E-state index contributed by atoms with van der Waals surface area (Å²) in [6.45, 7) is 0. The van der Waals surface area contributed by atoms with Crippen LogP contribution in [0.4, 0.5) is 5.69 Å². The van der Waals surface area contributed by atoms with Gasteiger partial charge >= 0.3 is 0 Å². The molecule has 4 nitrogen and oxygen atoms in total. The van der Waals surface area contributed by atoms with E-state index in [-0.39, 0.29) is 6.04 Å². The predicted molar refractivity (Wildman–Crippen MR) is 68.8 cm³/mol. The van der Waals surface area contributed by atoms with Gasteiger partial charge in [-0.05, 0) is 31.0 Å². The molecule has 2 heterocycles. The molecule has 0 aliphatic heterocycles. The fraction of sp³-hybridized carbons (Fsp3) is 0.357. The highest BCUT2D eigenvalue weighted by Gasteiger charge is 2.23. The van der Waals surface area contributed by atoms with E-state index in [0.717, 1.165) is 30.7 Å². The lowest BCUT2D eigenvalue weighted by molar-refractivity contribution is 0.398. The van der Waals surface area contributed by atoms with E-state index >= 15 is 0 Å². The minimum Gasteiger partial charge on any atom is -0.480 e. The number of nitrogens with one attached hydrogen (secondary N) is 1. The van der Waals surface area contributed by atoms with E-state index in [2.05, 4.69) is 16.4 Å². The van der Waals surface area contributed by atoms with Gasteiger partial charge in [-0.25, -0.2) is 4.98 Å². The van der Waals surface area contributed by atoms with Gasteiger partial charge in [0.1, 0.15) is 5.76 Å². The van der Waals surface area contributed by atoms with Crippen LogP contribution in [0.25, 0.3) is 0 Å². The molecule has 1 aliphatic rings. The summed E-state index contributed by atoms with van der Waals surface area (Å²) >= 11 is 0. The van der Waals surface area contributed by atoms with Crippen molar-refractivity contribution in [1.82, 2.24) is 4.98 Å². The quantitative estimate of drug-likeness (QED) is 0.900. The summed E-state index contributed by atoms with van der Waals surface area (Å²) in [7, 11) is 1.64. The normalized spacial score (nSPS) is 18.2. The Kier molecular flexibility index (Phi) is 2.92. The maximum absolute atomic E-state index is 5.49. The molecule has 0 amide bonds. The van der Waals surface area contributed by atoms with Gasteiger partial charge in [0, 0.05) is 18.2 Å². The molecule has 2 aromatic rings. The summed E-state index contributed by atoms with van der Waals surface area (Å²) in [4.78, 5) is 4.20. The molecule has 0 fully saturated rings. The van der Waals surface area contributed by atoms with Crippen molar-refractivity contribution in [3.8, 4) is 5.88 Å². The third-order valence-electron chi connectivity index (χ3n) is 3.35. The number of ether oxygens (including phenoxy) is 1. The first kappa shape index (κ1) is 11.1. The number of fused-ring (bicyclic) bond motifs is 1. The van der Waals surface area contributed by atoms with Gasteiger partial charge in [-0.3, -0.25) is 0 Å². The molecule has 18 heavy (non-hydrogen) atoms. The molecule has 1 aliphatic carbocycles. The van der Waals surface area contributed by atoms with Gasteiger partial charge in [0.05, 0.1) is 25.1 Å². The fourth-order valence-corrected chi connectivity index (χ4v) is 2.49. The molecule has 0 bridgehead atoms. The highest BCUT2D eigenvalue weighted by molar-refractivity contribution is 5.54. The van der Waals surface area contributed by atoms with Crippen LogP contribution in [0.5, 0.6) is 5.88 Å². The summed E-state index contributed by atoms with van der Waals surface area (Å²) in [5, 5.41) is 3.50. The van der Waals surface area contributed by atoms with Crippen LogP contribution in [-0.2, 0) is 6.42 Å². The molecule has 0 saturated heterocycles. The lowest BCUT2D eigenvalue weighted by Crippen LogP contribution is -2.16. The van der Waals surface area contributed by atoms with Crippen molar-refractivity contribution in [3.05, 3.63) is 42.0 Å². The number of hydrogen-bond acceptors (Lipinski definition) is 4. The minimum absolute atomic E-state index is 0.283. The molecule has 0 saturated carbocycles. The molecule has 0 spiro atoms. The second-order valence-electron chi connectivity index (χ2n) is 4.45. The van der Waals surface area contributed by atoms with E-state index in [1.807, 2.05) is 12.1 Å². The summed E-state index contributed by atoms with van der Waals surface area (Å²) in [6, 6.07) is 6.23. The standard InChI is InChI=1S/C14H16N2O2/c1-17-14-12(5-3-8-15-14)16-11-4-2-6-13-10(11)7-9-18-13/h3,5,7-9,11,16H,2,4,6H2,1H3. The number of furan rings is 1. The predicted octanol–water partition coefficient (Wildman–Crippen LogP) is 3.17. The number of pyridine rings is 1. The number of methoxy groups -OCH3 is 1. The summed E-state index contributed by atoms with van der Waals surface area (Å²) in [5.74, 6) is 1.73. The molecule has 0 aromatic carbocycles. The van der Waals surface area contributed by atoms with Crippen LogP contribution < -0.4 is 10.1 Å². The van der Waals surface area contributed by atoms with Crippen molar-refractivity contribution in [2.75, 3.05) is 12.4 Å². The van der Waals surface area contributed by atoms with Crippen molar-refractivity contribution in [1.29, 1.82) is 0 Å². The largest absolute Gasteiger partial charge is 0.480 e. The van der Waals surface area contributed by atoms with Gasteiger partial charge in [-0.2, -0.15) is 0 Å². The maximum atomic E-state index is 5.49. The van der Waals surface area contributed by atoms with Crippen molar-refractivity contribution in [3.63, 3.8) is 0 Å². The number of hydrogen-bond donors (Lipinski definition) is 1. The maximum Gasteiger partial charge on any atom is 0.237 e. The lowest BCUT2D eigenvalue weighted by atomic mass is 9.93. The molecule has 4 heteroatoms.